The molecule has 36 heavy (non-hydrogen) atoms. The third kappa shape index (κ3) is 5.37. The number of pyridine rings is 2. The third-order valence-electron chi connectivity index (χ3n) is 6.53. The molecule has 10 heteroatoms. The van der Waals surface area contributed by atoms with E-state index >= 15 is 0 Å². The number of alkyl halides is 1. The Kier molecular flexibility index (Phi) is 8.51. The van der Waals surface area contributed by atoms with Crippen LogP contribution in [-0.2, 0) is 4.74 Å². The fourth-order valence-electron chi connectivity index (χ4n) is 4.66. The van der Waals surface area contributed by atoms with Gasteiger partial charge in [-0.25, -0.2) is 14.4 Å². The topological polar surface area (TPSA) is 69.9 Å². The van der Waals surface area contributed by atoms with Crippen LogP contribution in [0, 0.1) is 0 Å². The number of aromatic nitrogens is 3. The summed E-state index contributed by atoms with van der Waals surface area (Å²) in [4.78, 5) is 9.49. The molecule has 0 spiro atoms. The van der Waals surface area contributed by atoms with Gasteiger partial charge in [0.2, 0.25) is 0 Å². The number of nitrogens with zero attached hydrogens (tertiary/aromatic N) is 3. The first-order chi connectivity index (χ1) is 16.7. The standard InChI is InChI=1S/C26H27FN4O3.2ClH/c27-20-15-28-10-6-23(20)34-24-3-1-2-17-4-5-21(30-26(17)24)22-16-29-25-14-19(7-11-31(22)25)33-18-8-12-32-13-9-18;;/h1-5,7,11,14,16,18,20,23,28H,6,8-10,12-13,15H2;2*1H/t20-,23-;;/m1../s1. The van der Waals surface area contributed by atoms with Crippen molar-refractivity contribution >= 4 is 41.4 Å². The highest BCUT2D eigenvalue weighted by atomic mass is 35.5. The van der Waals surface area contributed by atoms with Crippen molar-refractivity contribution in [2.75, 3.05) is 26.3 Å². The maximum atomic E-state index is 14.4. The average Bonchev–Trinajstić information content (AvgIpc) is 3.29. The minimum absolute atomic E-state index is 0. The SMILES string of the molecule is Cl.Cl.F[C@@H]1CNCC[C@H]1Oc1cccc2ccc(-c3cnc4cc(OC5CCOCC5)ccn34)nc12. The van der Waals surface area contributed by atoms with Crippen LogP contribution >= 0.6 is 24.8 Å². The van der Waals surface area contributed by atoms with Gasteiger partial charge in [-0.2, -0.15) is 0 Å². The Hall–Kier alpha value is -2.65. The first kappa shape index (κ1) is 26.4. The van der Waals surface area contributed by atoms with Gasteiger partial charge in [-0.15, -0.1) is 24.8 Å². The second kappa shape index (κ2) is 11.6. The van der Waals surface area contributed by atoms with Crippen LogP contribution in [0.4, 0.5) is 4.39 Å². The monoisotopic (exact) mass is 534 g/mol. The summed E-state index contributed by atoms with van der Waals surface area (Å²) in [6.45, 7) is 2.54. The van der Waals surface area contributed by atoms with E-state index in [4.69, 9.17) is 19.2 Å². The number of piperidine rings is 1. The van der Waals surface area contributed by atoms with Gasteiger partial charge in [-0.3, -0.25) is 4.40 Å². The van der Waals surface area contributed by atoms with Gasteiger partial charge in [0.25, 0.3) is 0 Å². The molecule has 0 amide bonds. The summed E-state index contributed by atoms with van der Waals surface area (Å²) in [5.41, 5.74) is 3.16. The summed E-state index contributed by atoms with van der Waals surface area (Å²) < 4.78 is 34.0. The summed E-state index contributed by atoms with van der Waals surface area (Å²) in [5, 5.41) is 4.01. The molecule has 1 N–H and O–H groups in total. The Labute approximate surface area is 221 Å². The molecule has 2 aliphatic heterocycles. The van der Waals surface area contributed by atoms with Crippen molar-refractivity contribution in [1.29, 1.82) is 0 Å². The highest BCUT2D eigenvalue weighted by Crippen LogP contribution is 2.30. The zero-order valence-corrected chi connectivity index (χ0v) is 21.3. The van der Waals surface area contributed by atoms with Crippen LogP contribution in [0.5, 0.6) is 11.5 Å². The highest BCUT2D eigenvalue weighted by molar-refractivity contribution is 5.86. The summed E-state index contributed by atoms with van der Waals surface area (Å²) >= 11 is 0. The van der Waals surface area contributed by atoms with E-state index in [2.05, 4.69) is 10.3 Å². The van der Waals surface area contributed by atoms with E-state index in [1.165, 1.54) is 0 Å². The summed E-state index contributed by atoms with van der Waals surface area (Å²) in [7, 11) is 0. The van der Waals surface area contributed by atoms with E-state index in [-0.39, 0.29) is 30.9 Å². The van der Waals surface area contributed by atoms with Gasteiger partial charge in [0.1, 0.15) is 41.0 Å². The van der Waals surface area contributed by atoms with E-state index in [9.17, 15) is 4.39 Å². The summed E-state index contributed by atoms with van der Waals surface area (Å²) in [5.74, 6) is 1.41. The summed E-state index contributed by atoms with van der Waals surface area (Å²) in [6, 6.07) is 13.7. The Bertz CT molecular complexity index is 1320. The molecule has 5 heterocycles. The zero-order valence-electron chi connectivity index (χ0n) is 19.6. The van der Waals surface area contributed by atoms with Gasteiger partial charge in [0.05, 0.1) is 30.8 Å². The molecule has 0 aliphatic carbocycles. The molecule has 0 bridgehead atoms. The molecule has 192 valence electrons. The number of hydrogen-bond donors (Lipinski definition) is 1. The van der Waals surface area contributed by atoms with Crippen LogP contribution in [0.2, 0.25) is 0 Å². The molecule has 0 saturated carbocycles. The van der Waals surface area contributed by atoms with Crippen LogP contribution in [0.3, 0.4) is 0 Å². The molecule has 4 aromatic rings. The molecule has 2 saturated heterocycles. The predicted octanol–water partition coefficient (Wildman–Crippen LogP) is 5.03. The van der Waals surface area contributed by atoms with Crippen molar-refractivity contribution in [2.45, 2.75) is 37.6 Å². The van der Waals surface area contributed by atoms with Crippen molar-refractivity contribution in [3.63, 3.8) is 0 Å². The lowest BCUT2D eigenvalue weighted by atomic mass is 10.1. The molecule has 6 rings (SSSR count). The lowest BCUT2D eigenvalue weighted by molar-refractivity contribution is 0.0256. The molecule has 2 aliphatic rings. The first-order valence-electron chi connectivity index (χ1n) is 11.9. The van der Waals surface area contributed by atoms with Gasteiger partial charge in [0, 0.05) is 37.0 Å². The first-order valence-corrected chi connectivity index (χ1v) is 11.9. The number of halogens is 3. The fraction of sp³-hybridized carbons (Fsp3) is 0.385. The van der Waals surface area contributed by atoms with Crippen LogP contribution < -0.4 is 14.8 Å². The Morgan fingerprint density at radius 2 is 1.89 bits per heavy atom. The van der Waals surface area contributed by atoms with Crippen LogP contribution in [0.25, 0.3) is 27.9 Å². The number of para-hydroxylation sites is 1. The third-order valence-corrected chi connectivity index (χ3v) is 6.53. The van der Waals surface area contributed by atoms with Crippen molar-refractivity contribution < 1.29 is 18.6 Å². The normalized spacial score (nSPS) is 20.5. The second-order valence-corrected chi connectivity index (χ2v) is 8.85. The largest absolute Gasteiger partial charge is 0.490 e. The molecule has 0 unspecified atom stereocenters. The van der Waals surface area contributed by atoms with Crippen LogP contribution in [-0.4, -0.2) is 59.1 Å². The molecule has 2 atom stereocenters. The van der Waals surface area contributed by atoms with Gasteiger partial charge in [-0.1, -0.05) is 18.2 Å². The molecule has 3 aromatic heterocycles. The number of benzene rings is 1. The highest BCUT2D eigenvalue weighted by Gasteiger charge is 2.27. The van der Waals surface area contributed by atoms with Crippen LogP contribution in [0.1, 0.15) is 19.3 Å². The van der Waals surface area contributed by atoms with Crippen molar-refractivity contribution in [3.05, 3.63) is 54.9 Å². The Balaban J connectivity index is 0.00000152. The van der Waals surface area contributed by atoms with Crippen LogP contribution in [0.15, 0.2) is 54.9 Å². The number of hydrogen-bond acceptors (Lipinski definition) is 6. The summed E-state index contributed by atoms with van der Waals surface area (Å²) in [6.07, 6.45) is 4.87. The Morgan fingerprint density at radius 1 is 1.03 bits per heavy atom. The molecule has 7 nitrogen and oxygen atoms in total. The zero-order chi connectivity index (χ0) is 22.9. The van der Waals surface area contributed by atoms with E-state index in [0.29, 0.717) is 18.7 Å². The quantitative estimate of drug-likeness (QED) is 0.387. The molecular formula is C26H29Cl2FN4O3. The van der Waals surface area contributed by atoms with Gasteiger partial charge in [-0.05, 0) is 31.2 Å². The predicted molar refractivity (Wildman–Crippen MR) is 142 cm³/mol. The molecular weight excluding hydrogens is 506 g/mol. The molecule has 0 radical (unpaired) electrons. The Morgan fingerprint density at radius 3 is 2.72 bits per heavy atom. The maximum Gasteiger partial charge on any atom is 0.149 e. The number of nitrogens with one attached hydrogen (secondary N) is 1. The van der Waals surface area contributed by atoms with Crippen molar-refractivity contribution in [1.82, 2.24) is 19.7 Å². The fourth-order valence-corrected chi connectivity index (χ4v) is 4.66. The van der Waals surface area contributed by atoms with Crippen molar-refractivity contribution in [3.8, 4) is 22.9 Å². The van der Waals surface area contributed by atoms with E-state index < -0.39 is 12.3 Å². The lowest BCUT2D eigenvalue weighted by Crippen LogP contribution is -2.44. The van der Waals surface area contributed by atoms with Gasteiger partial charge >= 0.3 is 0 Å². The number of imidazole rings is 1. The maximum absolute atomic E-state index is 14.4. The van der Waals surface area contributed by atoms with E-state index in [0.717, 1.165) is 66.3 Å². The second-order valence-electron chi connectivity index (χ2n) is 8.85. The number of fused-ring (bicyclic) bond motifs is 2. The van der Waals surface area contributed by atoms with Gasteiger partial charge in [0.15, 0.2) is 0 Å². The molecule has 2 fully saturated rings. The van der Waals surface area contributed by atoms with Gasteiger partial charge < -0.3 is 19.5 Å². The van der Waals surface area contributed by atoms with E-state index in [1.807, 2.05) is 59.3 Å². The molecule has 1 aromatic carbocycles. The van der Waals surface area contributed by atoms with Crippen molar-refractivity contribution in [2.24, 2.45) is 0 Å². The number of rotatable bonds is 5. The smallest absolute Gasteiger partial charge is 0.149 e. The minimum Gasteiger partial charge on any atom is -0.490 e. The van der Waals surface area contributed by atoms with E-state index in [1.54, 1.807) is 0 Å². The minimum atomic E-state index is -1.04. The average molecular weight is 535 g/mol. The lowest BCUT2D eigenvalue weighted by Gasteiger charge is -2.27. The number of ether oxygens (including phenoxy) is 3.